The number of likely N-dealkylation sites (tertiary alicyclic amines) is 1. The van der Waals surface area contributed by atoms with Crippen LogP contribution in [0.5, 0.6) is 0 Å². The van der Waals surface area contributed by atoms with Crippen LogP contribution in [0.2, 0.25) is 0 Å². The summed E-state index contributed by atoms with van der Waals surface area (Å²) in [5.74, 6) is 0.656. The number of amides is 1. The molecule has 2 saturated carbocycles. The van der Waals surface area contributed by atoms with Crippen molar-refractivity contribution >= 4 is 5.91 Å². The summed E-state index contributed by atoms with van der Waals surface area (Å²) in [4.78, 5) is 15.9. The number of carbonyl (C=O) groups is 1. The number of piperidine rings is 1. The number of aliphatic hydroxyl groups is 1. The third-order valence-corrected chi connectivity index (χ3v) is 8.34. The fourth-order valence-electron chi connectivity index (χ4n) is 6.21. The Labute approximate surface area is 194 Å². The van der Waals surface area contributed by atoms with Gasteiger partial charge < -0.3 is 15.3 Å². The Bertz CT molecular complexity index is 757. The largest absolute Gasteiger partial charge is 0.375 e. The first-order valence-corrected chi connectivity index (χ1v) is 13.0. The number of nitrogens with zero attached hydrogens (tertiary/aromatic N) is 1. The number of rotatable bonds is 8. The maximum atomic E-state index is 13.4. The quantitative estimate of drug-likeness (QED) is 0.551. The van der Waals surface area contributed by atoms with Gasteiger partial charge in [0, 0.05) is 31.6 Å². The second-order valence-electron chi connectivity index (χ2n) is 10.4. The highest BCUT2D eigenvalue weighted by Crippen LogP contribution is 2.41. The highest BCUT2D eigenvalue weighted by molar-refractivity contribution is 5.87. The first-order chi connectivity index (χ1) is 15.6. The molecule has 0 radical (unpaired) electrons. The van der Waals surface area contributed by atoms with Crippen molar-refractivity contribution in [3.63, 3.8) is 0 Å². The molecule has 1 atom stereocenters. The van der Waals surface area contributed by atoms with Gasteiger partial charge in [0.05, 0.1) is 0 Å². The number of nitrogens with one attached hydrogen (secondary N) is 1. The molecule has 1 aliphatic heterocycles. The van der Waals surface area contributed by atoms with E-state index in [-0.39, 0.29) is 17.9 Å². The van der Waals surface area contributed by atoms with Crippen molar-refractivity contribution in [2.75, 3.05) is 19.6 Å². The van der Waals surface area contributed by atoms with Crippen molar-refractivity contribution in [3.05, 3.63) is 47.5 Å². The standard InChI is InChI=1S/C28H42N2O2/c1-22(23-11-5-6-12-23)10-9-19-30-20-17-26(18-21-30)29-27(31)28(32,25-15-7-8-16-25)24-13-3-2-4-14-24/h2-4,10,13-14,23,25-26,32H,5-9,11-12,15-21H2,1H3,(H,29,31)/b22-10-. The molecule has 3 fully saturated rings. The van der Waals surface area contributed by atoms with Crippen molar-refractivity contribution in [2.24, 2.45) is 11.8 Å². The Morgan fingerprint density at radius 1 is 1.03 bits per heavy atom. The van der Waals surface area contributed by atoms with Crippen molar-refractivity contribution in [3.8, 4) is 0 Å². The fourth-order valence-corrected chi connectivity index (χ4v) is 6.21. The molecular weight excluding hydrogens is 396 g/mol. The number of benzene rings is 1. The lowest BCUT2D eigenvalue weighted by molar-refractivity contribution is -0.148. The number of hydrogen-bond donors (Lipinski definition) is 2. The minimum absolute atomic E-state index is 0.0138. The third-order valence-electron chi connectivity index (χ3n) is 8.34. The van der Waals surface area contributed by atoms with Gasteiger partial charge in [0.25, 0.3) is 5.91 Å². The molecule has 0 spiro atoms. The van der Waals surface area contributed by atoms with Crippen LogP contribution in [-0.2, 0) is 10.4 Å². The molecule has 1 heterocycles. The molecule has 3 aliphatic rings. The summed E-state index contributed by atoms with van der Waals surface area (Å²) in [6.45, 7) is 5.47. The molecule has 0 aromatic heterocycles. The van der Waals surface area contributed by atoms with E-state index in [2.05, 4.69) is 23.2 Å². The van der Waals surface area contributed by atoms with E-state index in [0.29, 0.717) is 0 Å². The van der Waals surface area contributed by atoms with Gasteiger partial charge in [-0.15, -0.1) is 0 Å². The number of carbonyl (C=O) groups excluding carboxylic acids is 1. The van der Waals surface area contributed by atoms with E-state index in [9.17, 15) is 9.90 Å². The van der Waals surface area contributed by atoms with E-state index in [1.54, 1.807) is 5.57 Å². The van der Waals surface area contributed by atoms with Crippen LogP contribution < -0.4 is 5.32 Å². The zero-order valence-corrected chi connectivity index (χ0v) is 19.9. The molecule has 2 N–H and O–H groups in total. The molecule has 4 nitrogen and oxygen atoms in total. The van der Waals surface area contributed by atoms with Crippen molar-refractivity contribution in [1.82, 2.24) is 10.2 Å². The predicted molar refractivity (Wildman–Crippen MR) is 130 cm³/mol. The molecule has 1 saturated heterocycles. The molecule has 1 aromatic carbocycles. The highest BCUT2D eigenvalue weighted by Gasteiger charge is 2.46. The van der Waals surface area contributed by atoms with Crippen LogP contribution in [-0.4, -0.2) is 41.6 Å². The summed E-state index contributed by atoms with van der Waals surface area (Å²) in [6, 6.07) is 9.75. The third kappa shape index (κ3) is 5.46. The van der Waals surface area contributed by atoms with E-state index in [1.165, 1.54) is 25.7 Å². The summed E-state index contributed by atoms with van der Waals surface area (Å²) in [5, 5.41) is 14.9. The van der Waals surface area contributed by atoms with Gasteiger partial charge in [-0.1, -0.05) is 67.7 Å². The summed E-state index contributed by atoms with van der Waals surface area (Å²) < 4.78 is 0. The molecule has 176 valence electrons. The van der Waals surface area contributed by atoms with E-state index < -0.39 is 5.60 Å². The summed E-state index contributed by atoms with van der Waals surface area (Å²) in [7, 11) is 0. The van der Waals surface area contributed by atoms with E-state index in [4.69, 9.17) is 0 Å². The van der Waals surface area contributed by atoms with Gasteiger partial charge in [-0.25, -0.2) is 0 Å². The molecule has 1 amide bonds. The van der Waals surface area contributed by atoms with Gasteiger partial charge >= 0.3 is 0 Å². The van der Waals surface area contributed by atoms with Gasteiger partial charge in [0.1, 0.15) is 0 Å². The van der Waals surface area contributed by atoms with Crippen LogP contribution in [0.3, 0.4) is 0 Å². The van der Waals surface area contributed by atoms with Gasteiger partial charge in [-0.3, -0.25) is 4.79 Å². The lowest BCUT2D eigenvalue weighted by Crippen LogP contribution is -2.54. The van der Waals surface area contributed by atoms with Crippen LogP contribution in [0, 0.1) is 11.8 Å². The summed E-state index contributed by atoms with van der Waals surface area (Å²) >= 11 is 0. The van der Waals surface area contributed by atoms with E-state index in [1.807, 2.05) is 30.3 Å². The van der Waals surface area contributed by atoms with Crippen molar-refractivity contribution < 1.29 is 9.90 Å². The molecule has 4 heteroatoms. The Hall–Kier alpha value is -1.65. The van der Waals surface area contributed by atoms with Crippen molar-refractivity contribution in [1.29, 1.82) is 0 Å². The lowest BCUT2D eigenvalue weighted by atomic mass is 9.79. The van der Waals surface area contributed by atoms with Crippen LogP contribution in [0.15, 0.2) is 42.0 Å². The van der Waals surface area contributed by atoms with Crippen LogP contribution in [0.4, 0.5) is 0 Å². The molecule has 1 aromatic rings. The highest BCUT2D eigenvalue weighted by atomic mass is 16.3. The number of hydrogen-bond acceptors (Lipinski definition) is 3. The SMILES string of the molecule is C/C(=C/CCN1CCC(NC(=O)C(O)(c2ccccc2)C2CCCC2)CC1)C1CCCC1. The van der Waals surface area contributed by atoms with Gasteiger partial charge in [-0.05, 0) is 63.4 Å². The molecule has 0 bridgehead atoms. The Morgan fingerprint density at radius 3 is 2.31 bits per heavy atom. The van der Waals surface area contributed by atoms with Gasteiger partial charge in [0.15, 0.2) is 5.60 Å². The smallest absolute Gasteiger partial charge is 0.257 e. The predicted octanol–water partition coefficient (Wildman–Crippen LogP) is 5.17. The minimum Gasteiger partial charge on any atom is -0.375 e. The van der Waals surface area contributed by atoms with Crippen LogP contribution in [0.25, 0.3) is 0 Å². The minimum atomic E-state index is -1.41. The normalized spacial score (nSPS) is 24.0. The molecule has 1 unspecified atom stereocenters. The van der Waals surface area contributed by atoms with Crippen LogP contribution >= 0.6 is 0 Å². The average molecular weight is 439 g/mol. The van der Waals surface area contributed by atoms with Crippen molar-refractivity contribution in [2.45, 2.75) is 89.2 Å². The monoisotopic (exact) mass is 438 g/mol. The molecule has 32 heavy (non-hydrogen) atoms. The van der Waals surface area contributed by atoms with E-state index >= 15 is 0 Å². The second-order valence-corrected chi connectivity index (χ2v) is 10.4. The maximum Gasteiger partial charge on any atom is 0.257 e. The maximum absolute atomic E-state index is 13.4. The Balaban J connectivity index is 1.28. The zero-order valence-electron chi connectivity index (χ0n) is 19.9. The number of allylic oxidation sites excluding steroid dienone is 1. The van der Waals surface area contributed by atoms with Gasteiger partial charge in [0.2, 0.25) is 0 Å². The summed E-state index contributed by atoms with van der Waals surface area (Å²) in [5.41, 5.74) is 0.931. The average Bonchev–Trinajstić information content (AvgIpc) is 3.55. The van der Waals surface area contributed by atoms with E-state index in [0.717, 1.165) is 76.1 Å². The fraction of sp³-hybridized carbons (Fsp3) is 0.679. The first-order valence-electron chi connectivity index (χ1n) is 13.0. The summed E-state index contributed by atoms with van der Waals surface area (Å²) in [6.07, 6.45) is 15.1. The molecule has 2 aliphatic carbocycles. The van der Waals surface area contributed by atoms with Crippen LogP contribution in [0.1, 0.15) is 83.1 Å². The topological polar surface area (TPSA) is 52.6 Å². The first kappa shape index (κ1) is 23.5. The molecule has 4 rings (SSSR count). The lowest BCUT2D eigenvalue weighted by Gasteiger charge is -2.37. The second kappa shape index (κ2) is 11.0. The zero-order chi connectivity index (χ0) is 22.4. The van der Waals surface area contributed by atoms with Gasteiger partial charge in [-0.2, -0.15) is 0 Å². The Kier molecular flexibility index (Phi) is 8.07. The molecular formula is C28H42N2O2. The Morgan fingerprint density at radius 2 is 1.66 bits per heavy atom.